The third kappa shape index (κ3) is 48.4. The topological polar surface area (TPSA) is 12.0 Å². The summed E-state index contributed by atoms with van der Waals surface area (Å²) in [5.74, 6) is 1.69. The monoisotopic (exact) mass is 231 g/mol. The lowest BCUT2D eigenvalue weighted by Crippen LogP contribution is -2.23. The van der Waals surface area contributed by atoms with Crippen LogP contribution >= 0.6 is 0 Å². The number of nitrogens with one attached hydrogen (secondary N) is 1. The van der Waals surface area contributed by atoms with Gasteiger partial charge < -0.3 is 5.32 Å². The maximum atomic E-state index is 3.40. The zero-order valence-corrected chi connectivity index (χ0v) is 13.4. The molecule has 0 atom stereocenters. The van der Waals surface area contributed by atoms with Crippen LogP contribution in [0.3, 0.4) is 0 Å². The second-order valence-electron chi connectivity index (χ2n) is 5.38. The van der Waals surface area contributed by atoms with E-state index >= 15 is 0 Å². The van der Waals surface area contributed by atoms with Gasteiger partial charge in [-0.25, -0.2) is 0 Å². The van der Waals surface area contributed by atoms with Crippen LogP contribution in [-0.2, 0) is 0 Å². The summed E-state index contributed by atoms with van der Waals surface area (Å²) in [6.45, 7) is 20.6. The van der Waals surface area contributed by atoms with Gasteiger partial charge in [0.05, 0.1) is 0 Å². The van der Waals surface area contributed by atoms with Gasteiger partial charge in [-0.1, -0.05) is 62.3 Å². The van der Waals surface area contributed by atoms with E-state index in [4.69, 9.17) is 0 Å². The van der Waals surface area contributed by atoms with Gasteiger partial charge in [-0.15, -0.1) is 0 Å². The highest BCUT2D eigenvalue weighted by Crippen LogP contribution is 2.01. The van der Waals surface area contributed by atoms with Crippen molar-refractivity contribution in [2.45, 2.75) is 81.2 Å². The maximum Gasteiger partial charge on any atom is 0.00103 e. The van der Waals surface area contributed by atoms with E-state index in [0.29, 0.717) is 6.04 Å². The lowest BCUT2D eigenvalue weighted by atomic mass is 10.1. The second-order valence-corrected chi connectivity index (χ2v) is 5.38. The molecule has 0 aromatic carbocycles. The minimum Gasteiger partial charge on any atom is -0.315 e. The third-order valence-electron chi connectivity index (χ3n) is 1.51. The zero-order valence-electron chi connectivity index (χ0n) is 13.4. The quantitative estimate of drug-likeness (QED) is 0.648. The van der Waals surface area contributed by atoms with E-state index in [0.717, 1.165) is 11.8 Å². The molecule has 102 valence electrons. The standard InChI is InChI=1S/C9H21N.C4H10.C2H6/c1-8(2)6-5-7-10-9(3)4;1-4(2)3;1-2/h8-10H,5-7H2,1-4H3;4H,1-3H3;1-2H3. The Bertz CT molecular complexity index is 82.9. The van der Waals surface area contributed by atoms with E-state index in [1.165, 1.54) is 19.4 Å². The molecule has 0 aromatic rings. The molecule has 1 nitrogen and oxygen atoms in total. The normalized spacial score (nSPS) is 9.75. The van der Waals surface area contributed by atoms with Crippen molar-refractivity contribution in [1.29, 1.82) is 0 Å². The number of hydrogen-bond acceptors (Lipinski definition) is 1. The van der Waals surface area contributed by atoms with Crippen molar-refractivity contribution in [3.05, 3.63) is 0 Å². The van der Waals surface area contributed by atoms with Crippen LogP contribution in [-0.4, -0.2) is 12.6 Å². The molecule has 0 spiro atoms. The van der Waals surface area contributed by atoms with Gasteiger partial charge in [-0.2, -0.15) is 0 Å². The van der Waals surface area contributed by atoms with Crippen LogP contribution in [0, 0.1) is 11.8 Å². The van der Waals surface area contributed by atoms with Crippen LogP contribution in [0.5, 0.6) is 0 Å². The average molecular weight is 231 g/mol. The fourth-order valence-corrected chi connectivity index (χ4v) is 0.901. The van der Waals surface area contributed by atoms with E-state index in [9.17, 15) is 0 Å². The molecule has 0 amide bonds. The molecule has 0 aliphatic carbocycles. The molecule has 0 fully saturated rings. The van der Waals surface area contributed by atoms with Crippen LogP contribution in [0.2, 0.25) is 0 Å². The second kappa shape index (κ2) is 17.4. The Hall–Kier alpha value is -0.0400. The molecular formula is C15H37N. The lowest BCUT2D eigenvalue weighted by Gasteiger charge is -2.08. The highest BCUT2D eigenvalue weighted by molar-refractivity contribution is 4.53. The molecule has 0 saturated heterocycles. The van der Waals surface area contributed by atoms with Crippen molar-refractivity contribution in [3.63, 3.8) is 0 Å². The molecule has 0 unspecified atom stereocenters. The number of rotatable bonds is 5. The van der Waals surface area contributed by atoms with E-state index in [2.05, 4.69) is 53.8 Å². The summed E-state index contributed by atoms with van der Waals surface area (Å²) < 4.78 is 0. The van der Waals surface area contributed by atoms with E-state index in [-0.39, 0.29) is 0 Å². The SMILES string of the molecule is CC.CC(C)C.CC(C)CCCNC(C)C. The highest BCUT2D eigenvalue weighted by Gasteiger charge is 1.94. The molecule has 0 saturated carbocycles. The number of hydrogen-bond donors (Lipinski definition) is 1. The molecule has 1 N–H and O–H groups in total. The first-order valence-corrected chi connectivity index (χ1v) is 7.09. The summed E-state index contributed by atoms with van der Waals surface area (Å²) in [5, 5.41) is 3.40. The molecule has 16 heavy (non-hydrogen) atoms. The van der Waals surface area contributed by atoms with Crippen molar-refractivity contribution in [2.75, 3.05) is 6.54 Å². The molecule has 1 heteroatoms. The predicted molar refractivity (Wildman–Crippen MR) is 79.1 cm³/mol. The Balaban J connectivity index is -0.000000237. The van der Waals surface area contributed by atoms with Gasteiger partial charge in [0.1, 0.15) is 0 Å². The molecule has 0 aliphatic heterocycles. The summed E-state index contributed by atoms with van der Waals surface area (Å²) in [6, 6.07) is 0.646. The summed E-state index contributed by atoms with van der Waals surface area (Å²) in [5.41, 5.74) is 0. The zero-order chi connectivity index (χ0) is 13.6. The minimum atomic E-state index is 0.646. The summed E-state index contributed by atoms with van der Waals surface area (Å²) >= 11 is 0. The predicted octanol–water partition coefficient (Wildman–Crippen LogP) is 5.11. The third-order valence-corrected chi connectivity index (χ3v) is 1.51. The molecule has 0 aliphatic rings. The fraction of sp³-hybridized carbons (Fsp3) is 1.00. The maximum absolute atomic E-state index is 3.40. The van der Waals surface area contributed by atoms with Crippen molar-refractivity contribution < 1.29 is 0 Å². The van der Waals surface area contributed by atoms with E-state index in [1.54, 1.807) is 0 Å². The van der Waals surface area contributed by atoms with Crippen molar-refractivity contribution in [2.24, 2.45) is 11.8 Å². The smallest absolute Gasteiger partial charge is 0.00103 e. The Morgan fingerprint density at radius 1 is 0.812 bits per heavy atom. The Morgan fingerprint density at radius 3 is 1.44 bits per heavy atom. The minimum absolute atomic E-state index is 0.646. The molecular weight excluding hydrogens is 194 g/mol. The van der Waals surface area contributed by atoms with Crippen molar-refractivity contribution in [1.82, 2.24) is 5.32 Å². The van der Waals surface area contributed by atoms with Crippen LogP contribution in [0.25, 0.3) is 0 Å². The molecule has 0 heterocycles. The van der Waals surface area contributed by atoms with Crippen LogP contribution in [0.1, 0.15) is 75.2 Å². The van der Waals surface area contributed by atoms with Crippen LogP contribution in [0.4, 0.5) is 0 Å². The Kier molecular flexibility index (Phi) is 23.1. The first-order chi connectivity index (χ1) is 7.36. The fourth-order valence-electron chi connectivity index (χ4n) is 0.901. The molecule has 0 rings (SSSR count). The van der Waals surface area contributed by atoms with Gasteiger partial charge in [0.2, 0.25) is 0 Å². The lowest BCUT2D eigenvalue weighted by molar-refractivity contribution is 0.503. The van der Waals surface area contributed by atoms with Gasteiger partial charge in [-0.3, -0.25) is 0 Å². The highest BCUT2D eigenvalue weighted by atomic mass is 14.9. The first kappa shape index (κ1) is 21.3. The largest absolute Gasteiger partial charge is 0.315 e. The molecule has 0 bridgehead atoms. The Morgan fingerprint density at radius 2 is 1.19 bits per heavy atom. The first-order valence-electron chi connectivity index (χ1n) is 7.09. The van der Waals surface area contributed by atoms with Gasteiger partial charge in [0.25, 0.3) is 0 Å². The van der Waals surface area contributed by atoms with Gasteiger partial charge in [-0.05, 0) is 31.2 Å². The average Bonchev–Trinajstić information content (AvgIpc) is 2.14. The van der Waals surface area contributed by atoms with Crippen molar-refractivity contribution in [3.8, 4) is 0 Å². The van der Waals surface area contributed by atoms with Crippen LogP contribution < -0.4 is 5.32 Å². The van der Waals surface area contributed by atoms with Gasteiger partial charge in [0, 0.05) is 6.04 Å². The van der Waals surface area contributed by atoms with Crippen LogP contribution in [0.15, 0.2) is 0 Å². The Labute approximate surface area is 105 Å². The molecule has 0 aromatic heterocycles. The molecule has 0 radical (unpaired) electrons. The van der Waals surface area contributed by atoms with E-state index in [1.807, 2.05) is 13.8 Å². The summed E-state index contributed by atoms with van der Waals surface area (Å²) in [6.07, 6.45) is 2.66. The van der Waals surface area contributed by atoms with Crippen molar-refractivity contribution >= 4 is 0 Å². The van der Waals surface area contributed by atoms with E-state index < -0.39 is 0 Å². The van der Waals surface area contributed by atoms with Gasteiger partial charge >= 0.3 is 0 Å². The summed E-state index contributed by atoms with van der Waals surface area (Å²) in [4.78, 5) is 0. The van der Waals surface area contributed by atoms with Gasteiger partial charge in [0.15, 0.2) is 0 Å². The summed E-state index contributed by atoms with van der Waals surface area (Å²) in [7, 11) is 0.